The first kappa shape index (κ1) is 16.8. The van der Waals surface area contributed by atoms with Crippen LogP contribution in [0, 0.1) is 5.92 Å². The summed E-state index contributed by atoms with van der Waals surface area (Å²) in [5.74, 6) is 1.01. The molecule has 0 bridgehead atoms. The van der Waals surface area contributed by atoms with E-state index in [0.29, 0.717) is 12.3 Å². The first-order valence-electron chi connectivity index (χ1n) is 7.94. The zero-order valence-electron chi connectivity index (χ0n) is 13.2. The van der Waals surface area contributed by atoms with Crippen LogP contribution in [-0.4, -0.2) is 48.3 Å². The van der Waals surface area contributed by atoms with Gasteiger partial charge >= 0.3 is 0 Å². The Morgan fingerprint density at radius 1 is 1.41 bits per heavy atom. The van der Waals surface area contributed by atoms with Crippen molar-refractivity contribution < 1.29 is 14.6 Å². The maximum Gasteiger partial charge on any atom is 0.221 e. The van der Waals surface area contributed by atoms with Crippen LogP contribution in [0.4, 0.5) is 0 Å². The highest BCUT2D eigenvalue weighted by atomic mass is 16.5. The number of nitrogens with zero attached hydrogens (tertiary/aromatic N) is 1. The molecule has 1 fully saturated rings. The number of piperidine rings is 1. The maximum atomic E-state index is 11.1. The molecule has 1 aliphatic heterocycles. The van der Waals surface area contributed by atoms with Crippen LogP contribution in [0.5, 0.6) is 5.75 Å². The van der Waals surface area contributed by atoms with Crippen molar-refractivity contribution >= 4 is 5.91 Å². The van der Waals surface area contributed by atoms with E-state index in [-0.39, 0.29) is 18.9 Å². The standard InChI is InChI=1S/C17H26N2O3/c1-13-6-8-19(9-7-13)11-15(20)12-22-16-5-3-2-4-14(16)10-17(18)21/h2-5,13,15,20H,6-12H2,1H3,(H2,18,21)/t15-/m0/s1. The predicted molar refractivity (Wildman–Crippen MR) is 85.7 cm³/mol. The van der Waals surface area contributed by atoms with E-state index in [1.807, 2.05) is 18.2 Å². The van der Waals surface area contributed by atoms with E-state index in [2.05, 4.69) is 11.8 Å². The number of rotatable bonds is 7. The predicted octanol–water partition coefficient (Wildman–Crippen LogP) is 1.19. The average Bonchev–Trinajstić information content (AvgIpc) is 2.48. The Labute approximate surface area is 132 Å². The zero-order chi connectivity index (χ0) is 15.9. The molecule has 1 aromatic carbocycles. The van der Waals surface area contributed by atoms with Crippen LogP contribution in [0.2, 0.25) is 0 Å². The van der Waals surface area contributed by atoms with Gasteiger partial charge in [0.2, 0.25) is 5.91 Å². The van der Waals surface area contributed by atoms with Crippen molar-refractivity contribution in [2.75, 3.05) is 26.2 Å². The molecule has 1 atom stereocenters. The van der Waals surface area contributed by atoms with Gasteiger partial charge in [-0.2, -0.15) is 0 Å². The fourth-order valence-electron chi connectivity index (χ4n) is 2.76. The molecule has 1 aliphatic rings. The second-order valence-corrected chi connectivity index (χ2v) is 6.20. The third kappa shape index (κ3) is 5.31. The van der Waals surface area contributed by atoms with Crippen molar-refractivity contribution in [2.45, 2.75) is 32.3 Å². The van der Waals surface area contributed by atoms with E-state index >= 15 is 0 Å². The smallest absolute Gasteiger partial charge is 0.221 e. The van der Waals surface area contributed by atoms with Gasteiger partial charge in [-0.15, -0.1) is 0 Å². The minimum Gasteiger partial charge on any atom is -0.491 e. The first-order valence-corrected chi connectivity index (χ1v) is 7.94. The van der Waals surface area contributed by atoms with Gasteiger partial charge in [0.25, 0.3) is 0 Å². The van der Waals surface area contributed by atoms with E-state index in [9.17, 15) is 9.90 Å². The number of nitrogens with two attached hydrogens (primary N) is 1. The van der Waals surface area contributed by atoms with Gasteiger partial charge in [-0.25, -0.2) is 0 Å². The number of aliphatic hydroxyl groups is 1. The molecule has 122 valence electrons. The third-order valence-corrected chi connectivity index (χ3v) is 4.11. The number of primary amides is 1. The number of benzene rings is 1. The zero-order valence-corrected chi connectivity index (χ0v) is 13.2. The Morgan fingerprint density at radius 3 is 2.77 bits per heavy atom. The molecule has 1 heterocycles. The van der Waals surface area contributed by atoms with Crippen molar-refractivity contribution in [3.8, 4) is 5.75 Å². The van der Waals surface area contributed by atoms with Crippen LogP contribution < -0.4 is 10.5 Å². The summed E-state index contributed by atoms with van der Waals surface area (Å²) in [5.41, 5.74) is 5.99. The summed E-state index contributed by atoms with van der Waals surface area (Å²) >= 11 is 0. The highest BCUT2D eigenvalue weighted by Crippen LogP contribution is 2.19. The number of hydrogen-bond acceptors (Lipinski definition) is 4. The maximum absolute atomic E-state index is 11.1. The molecule has 5 nitrogen and oxygen atoms in total. The molecule has 1 saturated heterocycles. The Kier molecular flexibility index (Phi) is 6.21. The number of aliphatic hydroxyl groups excluding tert-OH is 1. The molecule has 0 aromatic heterocycles. The summed E-state index contributed by atoms with van der Waals surface area (Å²) in [6.07, 6.45) is 2.00. The number of para-hydroxylation sites is 1. The number of ether oxygens (including phenoxy) is 1. The van der Waals surface area contributed by atoms with Crippen LogP contribution in [0.25, 0.3) is 0 Å². The molecular formula is C17H26N2O3. The van der Waals surface area contributed by atoms with Crippen LogP contribution in [0.15, 0.2) is 24.3 Å². The summed E-state index contributed by atoms with van der Waals surface area (Å²) < 4.78 is 5.68. The van der Waals surface area contributed by atoms with Gasteiger partial charge in [0, 0.05) is 12.1 Å². The van der Waals surface area contributed by atoms with Gasteiger partial charge in [-0.05, 0) is 37.9 Å². The third-order valence-electron chi connectivity index (χ3n) is 4.11. The van der Waals surface area contributed by atoms with Crippen LogP contribution in [-0.2, 0) is 11.2 Å². The van der Waals surface area contributed by atoms with E-state index < -0.39 is 6.10 Å². The van der Waals surface area contributed by atoms with Crippen molar-refractivity contribution in [3.05, 3.63) is 29.8 Å². The van der Waals surface area contributed by atoms with E-state index in [4.69, 9.17) is 10.5 Å². The van der Waals surface area contributed by atoms with Gasteiger partial charge in [-0.3, -0.25) is 4.79 Å². The molecule has 22 heavy (non-hydrogen) atoms. The summed E-state index contributed by atoms with van der Waals surface area (Å²) in [6, 6.07) is 7.31. The number of carbonyl (C=O) groups is 1. The molecule has 3 N–H and O–H groups in total. The van der Waals surface area contributed by atoms with Gasteiger partial charge in [0.15, 0.2) is 0 Å². The Morgan fingerprint density at radius 2 is 2.09 bits per heavy atom. The molecule has 5 heteroatoms. The topological polar surface area (TPSA) is 75.8 Å². The lowest BCUT2D eigenvalue weighted by molar-refractivity contribution is -0.117. The SMILES string of the molecule is CC1CCN(C[C@H](O)COc2ccccc2CC(N)=O)CC1. The largest absolute Gasteiger partial charge is 0.491 e. The van der Waals surface area contributed by atoms with E-state index in [1.165, 1.54) is 12.8 Å². The van der Waals surface area contributed by atoms with Crippen molar-refractivity contribution in [1.82, 2.24) is 4.90 Å². The fourth-order valence-corrected chi connectivity index (χ4v) is 2.76. The van der Waals surface area contributed by atoms with Crippen LogP contribution >= 0.6 is 0 Å². The highest BCUT2D eigenvalue weighted by Gasteiger charge is 2.18. The molecule has 0 radical (unpaired) electrons. The minimum absolute atomic E-state index is 0.149. The average molecular weight is 306 g/mol. The van der Waals surface area contributed by atoms with Gasteiger partial charge in [0.1, 0.15) is 18.5 Å². The first-order chi connectivity index (χ1) is 10.5. The molecule has 2 rings (SSSR count). The highest BCUT2D eigenvalue weighted by molar-refractivity contribution is 5.77. The number of hydrogen-bond donors (Lipinski definition) is 2. The fraction of sp³-hybridized carbons (Fsp3) is 0.588. The van der Waals surface area contributed by atoms with Crippen LogP contribution in [0.1, 0.15) is 25.3 Å². The molecule has 0 aliphatic carbocycles. The summed E-state index contributed by atoms with van der Waals surface area (Å²) in [7, 11) is 0. The van der Waals surface area contributed by atoms with Gasteiger partial charge in [-0.1, -0.05) is 25.1 Å². The Bertz CT molecular complexity index is 485. The molecule has 0 spiro atoms. The number of likely N-dealkylation sites (tertiary alicyclic amines) is 1. The number of β-amino-alcohol motifs (C(OH)–C–C–N with tert-alkyl or cyclic N) is 1. The molecule has 0 unspecified atom stereocenters. The second kappa shape index (κ2) is 8.15. The summed E-state index contributed by atoms with van der Waals surface area (Å²) in [5, 5.41) is 10.1. The van der Waals surface area contributed by atoms with Crippen molar-refractivity contribution in [2.24, 2.45) is 11.7 Å². The van der Waals surface area contributed by atoms with Gasteiger partial charge < -0.3 is 20.5 Å². The van der Waals surface area contributed by atoms with Gasteiger partial charge in [0.05, 0.1) is 6.42 Å². The lowest BCUT2D eigenvalue weighted by Gasteiger charge is -2.31. The second-order valence-electron chi connectivity index (χ2n) is 6.20. The lowest BCUT2D eigenvalue weighted by Crippen LogP contribution is -2.40. The number of amides is 1. The van der Waals surface area contributed by atoms with Crippen molar-refractivity contribution in [3.63, 3.8) is 0 Å². The monoisotopic (exact) mass is 306 g/mol. The number of carbonyl (C=O) groups excluding carboxylic acids is 1. The van der Waals surface area contributed by atoms with E-state index in [1.54, 1.807) is 6.07 Å². The van der Waals surface area contributed by atoms with E-state index in [0.717, 1.165) is 24.6 Å². The molecule has 1 aromatic rings. The molecule has 1 amide bonds. The normalized spacial score (nSPS) is 18.1. The summed E-state index contributed by atoms with van der Waals surface area (Å²) in [6.45, 7) is 5.20. The quantitative estimate of drug-likeness (QED) is 0.793. The molecule has 0 saturated carbocycles. The van der Waals surface area contributed by atoms with Crippen LogP contribution in [0.3, 0.4) is 0 Å². The Hall–Kier alpha value is -1.59. The lowest BCUT2D eigenvalue weighted by atomic mass is 9.99. The molecular weight excluding hydrogens is 280 g/mol. The summed E-state index contributed by atoms with van der Waals surface area (Å²) in [4.78, 5) is 13.3. The Balaban J connectivity index is 1.81. The minimum atomic E-state index is -0.532. The van der Waals surface area contributed by atoms with Crippen molar-refractivity contribution in [1.29, 1.82) is 0 Å².